The number of ether oxygens (including phenoxy) is 1. The fourth-order valence-electron chi connectivity index (χ4n) is 3.01. The van der Waals surface area contributed by atoms with Crippen molar-refractivity contribution in [3.8, 4) is 0 Å². The lowest BCUT2D eigenvalue weighted by Gasteiger charge is -2.19. The maximum Gasteiger partial charge on any atom is 0.227 e. The number of aromatic nitrogens is 2. The van der Waals surface area contributed by atoms with Crippen molar-refractivity contribution in [3.63, 3.8) is 0 Å². The first-order valence-corrected chi connectivity index (χ1v) is 10.2. The fourth-order valence-corrected chi connectivity index (χ4v) is 4.86. The highest BCUT2D eigenvalue weighted by Crippen LogP contribution is 2.32. The highest BCUT2D eigenvalue weighted by molar-refractivity contribution is 7.91. The number of rotatable bonds is 8. The van der Waals surface area contributed by atoms with E-state index >= 15 is 0 Å². The predicted molar refractivity (Wildman–Crippen MR) is 88.0 cm³/mol. The lowest BCUT2D eigenvalue weighted by Crippen LogP contribution is -2.25. The van der Waals surface area contributed by atoms with Crippen molar-refractivity contribution >= 4 is 9.84 Å². The maximum atomic E-state index is 12.7. The van der Waals surface area contributed by atoms with Crippen LogP contribution in [0.15, 0.2) is 11.4 Å². The van der Waals surface area contributed by atoms with Crippen LogP contribution in [0.2, 0.25) is 0 Å². The standard InChI is InChI=1S/C16H27N3O3S/c1-3-18(2)10-14-9-17-16(23(20,21)12-13-6-7-13)19(14)11-15-5-4-8-22-15/h9,13,15H,3-8,10-12H2,1-2H3. The monoisotopic (exact) mass is 341 g/mol. The van der Waals surface area contributed by atoms with Crippen LogP contribution >= 0.6 is 0 Å². The SMILES string of the molecule is CCN(C)Cc1cnc(S(=O)(=O)CC2CC2)n1CC1CCCO1. The van der Waals surface area contributed by atoms with E-state index in [0.29, 0.717) is 19.0 Å². The molecule has 1 aromatic rings. The Morgan fingerprint density at radius 1 is 1.39 bits per heavy atom. The van der Waals surface area contributed by atoms with Gasteiger partial charge in [-0.15, -0.1) is 0 Å². The zero-order valence-electron chi connectivity index (χ0n) is 14.1. The first-order valence-electron chi connectivity index (χ1n) is 8.57. The third-order valence-electron chi connectivity index (χ3n) is 4.71. The molecule has 2 aliphatic rings. The van der Waals surface area contributed by atoms with Crippen molar-refractivity contribution < 1.29 is 13.2 Å². The number of imidazole rings is 1. The van der Waals surface area contributed by atoms with Crippen LogP contribution in [0.25, 0.3) is 0 Å². The van der Waals surface area contributed by atoms with Gasteiger partial charge in [-0.3, -0.25) is 0 Å². The van der Waals surface area contributed by atoms with Crippen molar-refractivity contribution in [2.45, 2.75) is 57.0 Å². The molecule has 1 unspecified atom stereocenters. The average molecular weight is 341 g/mol. The second-order valence-electron chi connectivity index (χ2n) is 6.83. The minimum absolute atomic E-state index is 0.102. The summed E-state index contributed by atoms with van der Waals surface area (Å²) in [5, 5.41) is 0.236. The van der Waals surface area contributed by atoms with E-state index in [1.807, 2.05) is 11.6 Å². The predicted octanol–water partition coefficient (Wildman–Crippen LogP) is 1.70. The molecule has 23 heavy (non-hydrogen) atoms. The molecule has 1 saturated carbocycles. The van der Waals surface area contributed by atoms with Crippen LogP contribution in [0.5, 0.6) is 0 Å². The van der Waals surface area contributed by atoms with Gasteiger partial charge in [0.25, 0.3) is 0 Å². The van der Waals surface area contributed by atoms with Gasteiger partial charge in [-0.2, -0.15) is 0 Å². The van der Waals surface area contributed by atoms with Gasteiger partial charge in [0, 0.05) is 13.2 Å². The molecule has 1 aliphatic carbocycles. The smallest absolute Gasteiger partial charge is 0.227 e. The Morgan fingerprint density at radius 3 is 2.78 bits per heavy atom. The molecule has 6 nitrogen and oxygen atoms in total. The van der Waals surface area contributed by atoms with Gasteiger partial charge in [0.2, 0.25) is 15.0 Å². The highest BCUT2D eigenvalue weighted by Gasteiger charge is 2.33. The van der Waals surface area contributed by atoms with Gasteiger partial charge in [0.15, 0.2) is 0 Å². The largest absolute Gasteiger partial charge is 0.376 e. The molecule has 130 valence electrons. The summed E-state index contributed by atoms with van der Waals surface area (Å²) in [6, 6.07) is 0. The van der Waals surface area contributed by atoms with Gasteiger partial charge in [-0.05, 0) is 45.2 Å². The van der Waals surface area contributed by atoms with Gasteiger partial charge in [-0.25, -0.2) is 13.4 Å². The summed E-state index contributed by atoms with van der Waals surface area (Å²) in [6.07, 6.45) is 5.91. The van der Waals surface area contributed by atoms with Crippen LogP contribution in [-0.4, -0.2) is 54.9 Å². The van der Waals surface area contributed by atoms with E-state index in [9.17, 15) is 8.42 Å². The lowest BCUT2D eigenvalue weighted by atomic mass is 10.2. The van der Waals surface area contributed by atoms with Gasteiger partial charge < -0.3 is 14.2 Å². The Bertz CT molecular complexity index is 631. The molecule has 0 aromatic carbocycles. The van der Waals surface area contributed by atoms with Crippen LogP contribution in [0.3, 0.4) is 0 Å². The molecule has 7 heteroatoms. The molecule has 1 saturated heterocycles. The number of hydrogen-bond acceptors (Lipinski definition) is 5. The van der Waals surface area contributed by atoms with E-state index in [2.05, 4.69) is 16.8 Å². The summed E-state index contributed by atoms with van der Waals surface area (Å²) >= 11 is 0. The van der Waals surface area contributed by atoms with Gasteiger partial charge in [0.05, 0.1) is 30.3 Å². The summed E-state index contributed by atoms with van der Waals surface area (Å²) in [7, 11) is -1.28. The molecule has 2 fully saturated rings. The Kier molecular flexibility index (Phi) is 5.08. The lowest BCUT2D eigenvalue weighted by molar-refractivity contribution is 0.0935. The van der Waals surface area contributed by atoms with E-state index in [1.54, 1.807) is 6.20 Å². The van der Waals surface area contributed by atoms with Gasteiger partial charge in [-0.1, -0.05) is 6.92 Å². The molecule has 0 amide bonds. The van der Waals surface area contributed by atoms with Crippen molar-refractivity contribution in [3.05, 3.63) is 11.9 Å². The topological polar surface area (TPSA) is 64.4 Å². The summed E-state index contributed by atoms with van der Waals surface area (Å²) in [5.74, 6) is 0.563. The molecule has 1 atom stereocenters. The fraction of sp³-hybridized carbons (Fsp3) is 0.812. The van der Waals surface area contributed by atoms with Crippen LogP contribution in [0.1, 0.15) is 38.3 Å². The molecule has 2 heterocycles. The zero-order valence-corrected chi connectivity index (χ0v) is 14.9. The second kappa shape index (κ2) is 6.91. The molecule has 0 radical (unpaired) electrons. The Balaban J connectivity index is 1.87. The van der Waals surface area contributed by atoms with Crippen molar-refractivity contribution in [2.24, 2.45) is 5.92 Å². The van der Waals surface area contributed by atoms with E-state index in [4.69, 9.17) is 4.74 Å². The number of nitrogens with zero attached hydrogens (tertiary/aromatic N) is 3. The molecular formula is C16H27N3O3S. The number of hydrogen-bond donors (Lipinski definition) is 0. The minimum atomic E-state index is -3.31. The molecule has 1 aliphatic heterocycles. The maximum absolute atomic E-state index is 12.7. The Morgan fingerprint density at radius 2 is 2.17 bits per heavy atom. The third-order valence-corrected chi connectivity index (χ3v) is 6.51. The van der Waals surface area contributed by atoms with E-state index < -0.39 is 9.84 Å². The summed E-state index contributed by atoms with van der Waals surface area (Å²) < 4.78 is 33.0. The highest BCUT2D eigenvalue weighted by atomic mass is 32.2. The van der Waals surface area contributed by atoms with Gasteiger partial charge >= 0.3 is 0 Å². The molecular weight excluding hydrogens is 314 g/mol. The molecule has 3 rings (SSSR count). The zero-order chi connectivity index (χ0) is 16.4. The van der Waals surface area contributed by atoms with E-state index in [0.717, 1.165) is 44.5 Å². The Labute approximate surface area is 138 Å². The summed E-state index contributed by atoms with van der Waals surface area (Å²) in [6.45, 7) is 5.07. The molecule has 0 N–H and O–H groups in total. The molecule has 1 aromatic heterocycles. The normalized spacial score (nSPS) is 22.1. The third kappa shape index (κ3) is 4.14. The van der Waals surface area contributed by atoms with Crippen LogP contribution < -0.4 is 0 Å². The van der Waals surface area contributed by atoms with Crippen molar-refractivity contribution in [1.82, 2.24) is 14.5 Å². The number of sulfone groups is 1. The summed E-state index contributed by atoms with van der Waals surface area (Å²) in [5.41, 5.74) is 0.958. The van der Waals surface area contributed by atoms with Crippen molar-refractivity contribution in [1.29, 1.82) is 0 Å². The average Bonchev–Trinajstić information content (AvgIpc) is 3.01. The summed E-state index contributed by atoms with van der Waals surface area (Å²) in [4.78, 5) is 6.44. The van der Waals surface area contributed by atoms with E-state index in [1.165, 1.54) is 0 Å². The second-order valence-corrected chi connectivity index (χ2v) is 8.76. The molecule has 0 spiro atoms. The van der Waals surface area contributed by atoms with Crippen LogP contribution in [-0.2, 0) is 27.7 Å². The van der Waals surface area contributed by atoms with Crippen molar-refractivity contribution in [2.75, 3.05) is 26.0 Å². The van der Waals surface area contributed by atoms with E-state index in [-0.39, 0.29) is 17.0 Å². The van der Waals surface area contributed by atoms with Crippen LogP contribution in [0.4, 0.5) is 0 Å². The molecule has 0 bridgehead atoms. The first kappa shape index (κ1) is 16.9. The minimum Gasteiger partial charge on any atom is -0.376 e. The van der Waals surface area contributed by atoms with Crippen LogP contribution in [0, 0.1) is 5.92 Å². The van der Waals surface area contributed by atoms with Gasteiger partial charge in [0.1, 0.15) is 0 Å². The quantitative estimate of drug-likeness (QED) is 0.720. The first-order chi connectivity index (χ1) is 11.0. The Hall–Kier alpha value is -0.920.